The molecule has 0 unspecified atom stereocenters. The van der Waals surface area contributed by atoms with Crippen LogP contribution < -0.4 is 18.9 Å². The zero-order chi connectivity index (χ0) is 29.0. The second-order valence-electron chi connectivity index (χ2n) is 8.29. The van der Waals surface area contributed by atoms with Crippen molar-refractivity contribution in [1.29, 1.82) is 0 Å². The first kappa shape index (κ1) is 42.2. The molecule has 0 bridgehead atoms. The molecule has 0 aliphatic carbocycles. The van der Waals surface area contributed by atoms with Crippen LogP contribution in [0.2, 0.25) is 0 Å². The number of ether oxygens (including phenoxy) is 11. The minimum absolute atomic E-state index is 0. The summed E-state index contributed by atoms with van der Waals surface area (Å²) in [7, 11) is 2.01. The van der Waals surface area contributed by atoms with Gasteiger partial charge in [-0.15, -0.1) is 0 Å². The molecule has 0 saturated heterocycles. The van der Waals surface area contributed by atoms with Crippen LogP contribution >= 0.6 is 0 Å². The first-order valence-corrected chi connectivity index (χ1v) is 14.5. The summed E-state index contributed by atoms with van der Waals surface area (Å²) >= 11 is 0. The predicted octanol–water partition coefficient (Wildman–Crippen LogP) is -3.27. The molecule has 0 saturated carbocycles. The number of rotatable bonds is 31. The van der Waals surface area contributed by atoms with Gasteiger partial charge in [0.2, 0.25) is 0 Å². The van der Waals surface area contributed by atoms with Crippen LogP contribution in [0, 0.1) is 0 Å². The molecule has 0 radical (unpaired) electrons. The molecule has 0 N–H and O–H groups in total. The van der Waals surface area contributed by atoms with E-state index in [1.54, 1.807) is 28.4 Å². The first-order chi connectivity index (χ1) is 18.9. The van der Waals surface area contributed by atoms with Gasteiger partial charge in [0.1, 0.15) is 18.3 Å². The van der Waals surface area contributed by atoms with Crippen LogP contribution in [-0.2, 0) is 62.2 Å². The average molecular weight is 601 g/mol. The summed E-state index contributed by atoms with van der Waals surface area (Å²) in [5.74, 6) is -0.520. The molecule has 0 fully saturated rings. The van der Waals surface area contributed by atoms with Crippen molar-refractivity contribution in [2.75, 3.05) is 133 Å². The van der Waals surface area contributed by atoms with E-state index in [9.17, 15) is 13.0 Å². The van der Waals surface area contributed by atoms with E-state index in [4.69, 9.17) is 52.1 Å². The van der Waals surface area contributed by atoms with Gasteiger partial charge in [-0.25, -0.2) is 8.42 Å². The summed E-state index contributed by atoms with van der Waals surface area (Å²) in [5, 5.41) is 0. The van der Waals surface area contributed by atoms with Gasteiger partial charge < -0.3 is 56.7 Å². The third kappa shape index (κ3) is 29.6. The van der Waals surface area contributed by atoms with Gasteiger partial charge >= 0.3 is 18.9 Å². The van der Waals surface area contributed by atoms with E-state index >= 15 is 0 Å². The molecule has 14 nitrogen and oxygen atoms in total. The van der Waals surface area contributed by atoms with Crippen molar-refractivity contribution in [1.82, 2.24) is 0 Å². The molecule has 16 heteroatoms. The maximum Gasteiger partial charge on any atom is 1.00 e. The summed E-state index contributed by atoms with van der Waals surface area (Å²) in [6.07, 6.45) is -1.33. The van der Waals surface area contributed by atoms with Crippen LogP contribution in [0.15, 0.2) is 0 Å². The van der Waals surface area contributed by atoms with Crippen LogP contribution in [-0.4, -0.2) is 165 Å². The second kappa shape index (κ2) is 30.5. The van der Waals surface area contributed by atoms with Gasteiger partial charge in [0, 0.05) is 40.8 Å². The summed E-state index contributed by atoms with van der Waals surface area (Å²) in [4.78, 5) is 0. The quantitative estimate of drug-likeness (QED) is 0.0443. The van der Waals surface area contributed by atoms with Gasteiger partial charge in [0.25, 0.3) is 0 Å². The Balaban J connectivity index is 0. The monoisotopic (exact) mass is 600 g/mol. The summed E-state index contributed by atoms with van der Waals surface area (Å²) < 4.78 is 93.1. The molecule has 0 atom stereocenters. The van der Waals surface area contributed by atoms with Gasteiger partial charge in [0.05, 0.1) is 103 Å². The fraction of sp³-hybridized carbons (Fsp3) is 1.00. The number of hydrogen-bond donors (Lipinski definition) is 0. The fourth-order valence-electron chi connectivity index (χ4n) is 2.83. The molecule has 0 aliphatic heterocycles. The van der Waals surface area contributed by atoms with Crippen LogP contribution in [0.5, 0.6) is 0 Å². The molecule has 236 valence electrons. The number of hydrogen-bond acceptors (Lipinski definition) is 14. The van der Waals surface area contributed by atoms with E-state index in [0.29, 0.717) is 52.9 Å². The van der Waals surface area contributed by atoms with Crippen molar-refractivity contribution < 1.29 is 83.9 Å². The molecule has 0 aromatic heterocycles. The van der Waals surface area contributed by atoms with Crippen molar-refractivity contribution in [3.8, 4) is 0 Å². The normalized spacial score (nSPS) is 12.1. The topological polar surface area (TPSA) is 159 Å². The van der Waals surface area contributed by atoms with Gasteiger partial charge in [-0.05, 0) is 6.42 Å². The van der Waals surface area contributed by atoms with Crippen molar-refractivity contribution >= 4 is 10.1 Å². The second-order valence-corrected chi connectivity index (χ2v) is 9.81. The molecule has 0 spiro atoms. The standard InChI is InChI=1S/C24H50O14S.Li/c1-28-7-11-32-16-22(17-33-12-8-29-2)37-20-24(36-6-5-15-39(25,26)27)21-38-23(18-34-13-9-30-3)19-35-14-10-31-4;/h22-24H,5-21H2,1-4H3,(H,25,26,27);/q;+1/p-1. The van der Waals surface area contributed by atoms with E-state index in [1.807, 2.05) is 0 Å². The van der Waals surface area contributed by atoms with Gasteiger partial charge in [-0.1, -0.05) is 0 Å². The van der Waals surface area contributed by atoms with E-state index in [-0.39, 0.29) is 71.5 Å². The van der Waals surface area contributed by atoms with Gasteiger partial charge in [-0.2, -0.15) is 0 Å². The predicted molar refractivity (Wildman–Crippen MR) is 139 cm³/mol. The van der Waals surface area contributed by atoms with Crippen molar-refractivity contribution in [2.45, 2.75) is 24.7 Å². The van der Waals surface area contributed by atoms with E-state index in [0.717, 1.165) is 0 Å². The molecular formula is C24H49LiO14S. The molecule has 0 rings (SSSR count). The molecule has 0 aromatic rings. The van der Waals surface area contributed by atoms with E-state index in [2.05, 4.69) is 0 Å². The molecular weight excluding hydrogens is 551 g/mol. The van der Waals surface area contributed by atoms with Crippen LogP contribution in [0.4, 0.5) is 0 Å². The Hall–Kier alpha value is 0.0674. The Morgan fingerprint density at radius 1 is 0.500 bits per heavy atom. The van der Waals surface area contributed by atoms with Crippen LogP contribution in [0.3, 0.4) is 0 Å². The minimum atomic E-state index is -4.33. The molecule has 0 amide bonds. The summed E-state index contributed by atoms with van der Waals surface area (Å²) in [5.41, 5.74) is 0. The Labute approximate surface area is 251 Å². The summed E-state index contributed by atoms with van der Waals surface area (Å²) in [6.45, 7) is 4.69. The van der Waals surface area contributed by atoms with E-state index in [1.165, 1.54) is 0 Å². The van der Waals surface area contributed by atoms with Crippen LogP contribution in [0.25, 0.3) is 0 Å². The third-order valence-electron chi connectivity index (χ3n) is 4.87. The van der Waals surface area contributed by atoms with Gasteiger partial charge in [-0.3, -0.25) is 0 Å². The molecule has 40 heavy (non-hydrogen) atoms. The smallest absolute Gasteiger partial charge is 0.748 e. The third-order valence-corrected chi connectivity index (χ3v) is 5.66. The molecule has 0 aromatic carbocycles. The SMILES string of the molecule is COCCOCC(COCCOC)OCC(COC(COCCOC)COCCOC)OCCCS(=O)(=O)[O-].[Li+]. The maximum atomic E-state index is 10.9. The Morgan fingerprint density at radius 2 is 0.825 bits per heavy atom. The van der Waals surface area contributed by atoms with Crippen molar-refractivity contribution in [2.24, 2.45) is 0 Å². The first-order valence-electron chi connectivity index (χ1n) is 12.9. The zero-order valence-corrected chi connectivity index (χ0v) is 25.7. The average Bonchev–Trinajstić information content (AvgIpc) is 2.90. The Bertz CT molecular complexity index is 560. The van der Waals surface area contributed by atoms with Crippen molar-refractivity contribution in [3.05, 3.63) is 0 Å². The Kier molecular flexibility index (Phi) is 32.2. The maximum absolute atomic E-state index is 10.9. The van der Waals surface area contributed by atoms with Crippen molar-refractivity contribution in [3.63, 3.8) is 0 Å². The fourth-order valence-corrected chi connectivity index (χ4v) is 3.31. The largest absolute Gasteiger partial charge is 1.00 e. The van der Waals surface area contributed by atoms with Gasteiger partial charge in [0.15, 0.2) is 0 Å². The number of methoxy groups -OCH3 is 4. The van der Waals surface area contributed by atoms with E-state index < -0.39 is 34.2 Å². The molecule has 0 heterocycles. The zero-order valence-electron chi connectivity index (χ0n) is 24.9. The Morgan fingerprint density at radius 3 is 1.12 bits per heavy atom. The minimum Gasteiger partial charge on any atom is -0.748 e. The summed E-state index contributed by atoms with van der Waals surface area (Å²) in [6, 6.07) is 0. The van der Waals surface area contributed by atoms with Crippen LogP contribution in [0.1, 0.15) is 6.42 Å². The molecule has 0 aliphatic rings.